The molecule has 5 heteroatoms. The summed E-state index contributed by atoms with van der Waals surface area (Å²) in [5, 5.41) is 3.25. The molecular weight excluding hydrogens is 330 g/mol. The van der Waals surface area contributed by atoms with E-state index in [9.17, 15) is 4.79 Å². The molecule has 1 aromatic rings. The van der Waals surface area contributed by atoms with Crippen LogP contribution >= 0.6 is 0 Å². The van der Waals surface area contributed by atoms with Crippen LogP contribution in [0.25, 0.3) is 0 Å². The first-order chi connectivity index (χ1) is 11.7. The molecule has 4 nitrogen and oxygen atoms in total. The molecule has 0 heterocycles. The zero-order chi connectivity index (χ0) is 18.2. The number of carbonyl (C=O) groups excluding carboxylic acids is 1. The Morgan fingerprint density at radius 2 is 1.88 bits per heavy atom. The number of hydrogen-bond acceptors (Lipinski definition) is 3. The second-order valence-electron chi connectivity index (χ2n) is 9.05. The molecule has 0 saturated heterocycles. The van der Waals surface area contributed by atoms with E-state index in [1.54, 1.807) is 0 Å². The molecule has 3 rings (SSSR count). The van der Waals surface area contributed by atoms with E-state index < -0.39 is 8.32 Å². The third-order valence-electron chi connectivity index (χ3n) is 6.11. The summed E-state index contributed by atoms with van der Waals surface area (Å²) < 4.78 is 12.1. The van der Waals surface area contributed by atoms with E-state index in [0.29, 0.717) is 18.4 Å². The van der Waals surface area contributed by atoms with Gasteiger partial charge in [-0.05, 0) is 48.4 Å². The SMILES string of the molecule is CC(C)(C)[Si](C)(C)O[C@@H]1[C@@H]2C[C@@H]2C[C@H]1NC(=O)OCc1ccccc1. The predicted octanol–water partition coefficient (Wildman–Crippen LogP) is 4.71. The van der Waals surface area contributed by atoms with Gasteiger partial charge in [0.1, 0.15) is 6.61 Å². The van der Waals surface area contributed by atoms with Gasteiger partial charge >= 0.3 is 6.09 Å². The van der Waals surface area contributed by atoms with Crippen LogP contribution in [0.1, 0.15) is 39.2 Å². The second kappa shape index (κ2) is 6.76. The van der Waals surface area contributed by atoms with Gasteiger partial charge in [0.25, 0.3) is 0 Å². The largest absolute Gasteiger partial charge is 0.445 e. The summed E-state index contributed by atoms with van der Waals surface area (Å²) in [7, 11) is -1.84. The average Bonchev–Trinajstić information content (AvgIpc) is 3.22. The van der Waals surface area contributed by atoms with Gasteiger partial charge in [0.2, 0.25) is 0 Å². The number of fused-ring (bicyclic) bond motifs is 1. The van der Waals surface area contributed by atoms with Gasteiger partial charge in [-0.1, -0.05) is 51.1 Å². The van der Waals surface area contributed by atoms with E-state index in [1.165, 1.54) is 6.42 Å². The van der Waals surface area contributed by atoms with Crippen LogP contribution < -0.4 is 5.32 Å². The summed E-state index contributed by atoms with van der Waals surface area (Å²) >= 11 is 0. The highest BCUT2D eigenvalue weighted by Gasteiger charge is 2.56. The van der Waals surface area contributed by atoms with Gasteiger partial charge in [-0.25, -0.2) is 4.79 Å². The van der Waals surface area contributed by atoms with Gasteiger partial charge in [-0.2, -0.15) is 0 Å². The average molecular weight is 362 g/mol. The van der Waals surface area contributed by atoms with Gasteiger partial charge < -0.3 is 14.5 Å². The minimum Gasteiger partial charge on any atom is -0.445 e. The first-order valence-electron chi connectivity index (χ1n) is 9.32. The lowest BCUT2D eigenvalue weighted by molar-refractivity contribution is 0.106. The van der Waals surface area contributed by atoms with Crippen LogP contribution in [-0.4, -0.2) is 26.6 Å². The molecule has 2 saturated carbocycles. The number of ether oxygens (including phenoxy) is 1. The number of alkyl carbamates (subject to hydrolysis) is 1. The Labute approximate surface area is 152 Å². The van der Waals surface area contributed by atoms with Crippen LogP contribution in [0.3, 0.4) is 0 Å². The minimum atomic E-state index is -1.84. The van der Waals surface area contributed by atoms with Crippen molar-refractivity contribution in [3.8, 4) is 0 Å². The summed E-state index contributed by atoms with van der Waals surface area (Å²) in [5.41, 5.74) is 1.00. The van der Waals surface area contributed by atoms with Crippen LogP contribution in [0.5, 0.6) is 0 Å². The van der Waals surface area contributed by atoms with Crippen molar-refractivity contribution in [2.75, 3.05) is 0 Å². The summed E-state index contributed by atoms with van der Waals surface area (Å²) in [6, 6.07) is 9.86. The minimum absolute atomic E-state index is 0.0844. The molecule has 1 aromatic carbocycles. The van der Waals surface area contributed by atoms with Crippen molar-refractivity contribution in [1.29, 1.82) is 0 Å². The molecule has 2 aliphatic carbocycles. The fraction of sp³-hybridized carbons (Fsp3) is 0.650. The monoisotopic (exact) mass is 361 g/mol. The number of benzene rings is 1. The lowest BCUT2D eigenvalue weighted by Gasteiger charge is -2.40. The van der Waals surface area contributed by atoms with Crippen molar-refractivity contribution in [3.63, 3.8) is 0 Å². The number of nitrogens with one attached hydrogen (secondary N) is 1. The third kappa shape index (κ3) is 4.26. The van der Waals surface area contributed by atoms with E-state index in [-0.39, 0.29) is 23.3 Å². The molecule has 138 valence electrons. The Bertz CT molecular complexity index is 611. The van der Waals surface area contributed by atoms with Gasteiger partial charge in [0, 0.05) is 0 Å². The van der Waals surface area contributed by atoms with Crippen molar-refractivity contribution in [2.24, 2.45) is 11.8 Å². The zero-order valence-corrected chi connectivity index (χ0v) is 17.0. The molecular formula is C20H31NO3Si. The van der Waals surface area contributed by atoms with Crippen LogP contribution in [0.2, 0.25) is 18.1 Å². The first kappa shape index (κ1) is 18.5. The molecule has 0 bridgehead atoms. The van der Waals surface area contributed by atoms with Gasteiger partial charge in [-0.3, -0.25) is 0 Å². The molecule has 0 aromatic heterocycles. The van der Waals surface area contributed by atoms with Crippen LogP contribution in [0.4, 0.5) is 4.79 Å². The summed E-state index contributed by atoms with van der Waals surface area (Å²) in [6.45, 7) is 11.7. The normalized spacial score (nSPS) is 28.4. The molecule has 0 radical (unpaired) electrons. The molecule has 0 spiro atoms. The third-order valence-corrected chi connectivity index (χ3v) is 10.6. The highest BCUT2D eigenvalue weighted by atomic mass is 28.4. The zero-order valence-electron chi connectivity index (χ0n) is 16.0. The summed E-state index contributed by atoms with van der Waals surface area (Å²) in [6.07, 6.45) is 2.08. The Balaban J connectivity index is 1.55. The lowest BCUT2D eigenvalue weighted by atomic mass is 10.1. The summed E-state index contributed by atoms with van der Waals surface area (Å²) in [4.78, 5) is 12.2. The lowest BCUT2D eigenvalue weighted by Crippen LogP contribution is -2.51. The maximum atomic E-state index is 12.2. The molecule has 25 heavy (non-hydrogen) atoms. The molecule has 2 aliphatic rings. The Morgan fingerprint density at radius 3 is 2.52 bits per heavy atom. The topological polar surface area (TPSA) is 47.6 Å². The van der Waals surface area contributed by atoms with Crippen molar-refractivity contribution in [2.45, 2.75) is 70.5 Å². The van der Waals surface area contributed by atoms with E-state index in [0.717, 1.165) is 12.0 Å². The van der Waals surface area contributed by atoms with Crippen LogP contribution in [-0.2, 0) is 15.8 Å². The van der Waals surface area contributed by atoms with Crippen molar-refractivity contribution in [3.05, 3.63) is 35.9 Å². The highest BCUT2D eigenvalue weighted by Crippen LogP contribution is 2.54. The fourth-order valence-electron chi connectivity index (χ4n) is 3.45. The Hall–Kier alpha value is -1.33. The van der Waals surface area contributed by atoms with E-state index in [4.69, 9.17) is 9.16 Å². The van der Waals surface area contributed by atoms with Crippen LogP contribution in [0.15, 0.2) is 30.3 Å². The van der Waals surface area contributed by atoms with E-state index >= 15 is 0 Å². The standard InChI is InChI=1S/C20H31NO3Si/c1-20(2,3)25(4,5)24-18-16-11-15(16)12-17(18)21-19(22)23-13-14-9-7-6-8-10-14/h6-10,15-18H,11-13H2,1-5H3,(H,21,22)/t15-,16-,17-,18-/m1/s1. The fourth-order valence-corrected chi connectivity index (χ4v) is 4.82. The van der Waals surface area contributed by atoms with Crippen molar-refractivity contribution >= 4 is 14.4 Å². The first-order valence-corrected chi connectivity index (χ1v) is 12.2. The van der Waals surface area contributed by atoms with E-state index in [1.807, 2.05) is 30.3 Å². The molecule has 1 amide bonds. The number of carbonyl (C=O) groups is 1. The molecule has 1 N–H and O–H groups in total. The van der Waals surface area contributed by atoms with Crippen molar-refractivity contribution in [1.82, 2.24) is 5.32 Å². The summed E-state index contributed by atoms with van der Waals surface area (Å²) in [5.74, 6) is 1.34. The maximum Gasteiger partial charge on any atom is 0.407 e. The Kier molecular flexibility index (Phi) is 4.99. The molecule has 2 fully saturated rings. The number of hydrogen-bond donors (Lipinski definition) is 1. The number of amides is 1. The maximum absolute atomic E-state index is 12.2. The van der Waals surface area contributed by atoms with Gasteiger partial charge in [0.15, 0.2) is 8.32 Å². The molecule has 4 atom stereocenters. The second-order valence-corrected chi connectivity index (χ2v) is 13.8. The smallest absolute Gasteiger partial charge is 0.407 e. The van der Waals surface area contributed by atoms with Crippen LogP contribution in [0, 0.1) is 11.8 Å². The van der Waals surface area contributed by atoms with Gasteiger partial charge in [0.05, 0.1) is 12.1 Å². The highest BCUT2D eigenvalue weighted by molar-refractivity contribution is 6.74. The molecule has 0 aliphatic heterocycles. The quantitative estimate of drug-likeness (QED) is 0.773. The molecule has 0 unspecified atom stereocenters. The van der Waals surface area contributed by atoms with Crippen molar-refractivity contribution < 1.29 is 14.0 Å². The Morgan fingerprint density at radius 1 is 1.20 bits per heavy atom. The predicted molar refractivity (Wildman–Crippen MR) is 102 cm³/mol. The van der Waals surface area contributed by atoms with Gasteiger partial charge in [-0.15, -0.1) is 0 Å². The number of rotatable bonds is 5. The van der Waals surface area contributed by atoms with E-state index in [2.05, 4.69) is 39.2 Å².